The summed E-state index contributed by atoms with van der Waals surface area (Å²) in [5.74, 6) is 0.240. The molecule has 0 N–H and O–H groups in total. The summed E-state index contributed by atoms with van der Waals surface area (Å²) in [7, 11) is -5.80. The summed E-state index contributed by atoms with van der Waals surface area (Å²) in [4.78, 5) is 13.5. The molecule has 0 aromatic heterocycles. The number of hydrogen-bond donors (Lipinski definition) is 0. The molecule has 4 aromatic carbocycles. The molecule has 0 aliphatic rings. The van der Waals surface area contributed by atoms with E-state index in [2.05, 4.69) is 158 Å². The number of carbonyl (C=O) groups is 1. The van der Waals surface area contributed by atoms with E-state index in [4.69, 9.17) is 13.6 Å². The first kappa shape index (κ1) is 39.1. The van der Waals surface area contributed by atoms with Gasteiger partial charge in [0.1, 0.15) is 5.60 Å². The minimum atomic E-state index is -3.01. The van der Waals surface area contributed by atoms with E-state index in [1.165, 1.54) is 10.4 Å². The Labute approximate surface area is 304 Å². The predicted molar refractivity (Wildman–Crippen MR) is 215 cm³/mol. The molecule has 0 radical (unpaired) electrons. The predicted octanol–water partition coefficient (Wildman–Crippen LogP) is 8.92. The summed E-state index contributed by atoms with van der Waals surface area (Å²) >= 11 is 0. The van der Waals surface area contributed by atoms with Crippen LogP contribution in [0.4, 0.5) is 0 Å². The monoisotopic (exact) mass is 706 g/mol. The summed E-state index contributed by atoms with van der Waals surface area (Å²) in [5.41, 5.74) is -0.631. The standard InChI is InChI=1S/C44H58O4Si2/c1-11-35(47-49(43(5,6)7,37-24-16-12-17-25-37)38-26-18-13-19-27-38)32-33-36(34-41(45)46-42(2,3)4)48-50(44(8,9)10,39-28-20-14-21-29-39)40-30-22-15-23-31-40/h12-31,34-35H,11,32-33H2,1-10H3/b36-34-. The zero-order valence-electron chi connectivity index (χ0n) is 32.0. The van der Waals surface area contributed by atoms with E-state index in [-0.39, 0.29) is 16.2 Å². The molecule has 4 nitrogen and oxygen atoms in total. The zero-order chi connectivity index (χ0) is 36.6. The van der Waals surface area contributed by atoms with Gasteiger partial charge < -0.3 is 13.6 Å². The van der Waals surface area contributed by atoms with Crippen molar-refractivity contribution in [1.82, 2.24) is 0 Å². The first-order valence-corrected chi connectivity index (χ1v) is 21.9. The highest BCUT2D eigenvalue weighted by Crippen LogP contribution is 2.40. The maximum atomic E-state index is 13.5. The summed E-state index contributed by atoms with van der Waals surface area (Å²) in [6.07, 6.45) is 3.56. The van der Waals surface area contributed by atoms with Crippen LogP contribution >= 0.6 is 0 Å². The third-order valence-corrected chi connectivity index (χ3v) is 19.4. The van der Waals surface area contributed by atoms with Crippen molar-refractivity contribution in [2.45, 2.75) is 110 Å². The summed E-state index contributed by atoms with van der Waals surface area (Å²) in [6, 6.07) is 42.7. The number of hydrogen-bond acceptors (Lipinski definition) is 4. The molecule has 4 aromatic rings. The molecular formula is C44H58O4Si2. The van der Waals surface area contributed by atoms with Gasteiger partial charge in [-0.25, -0.2) is 4.79 Å². The van der Waals surface area contributed by atoms with Gasteiger partial charge in [-0.05, 0) is 64.4 Å². The number of benzene rings is 4. The van der Waals surface area contributed by atoms with Gasteiger partial charge in [-0.2, -0.15) is 0 Å². The highest BCUT2D eigenvalue weighted by atomic mass is 28.4. The fraction of sp³-hybridized carbons (Fsp3) is 0.386. The van der Waals surface area contributed by atoms with E-state index >= 15 is 0 Å². The quantitative estimate of drug-likeness (QED) is 0.0603. The van der Waals surface area contributed by atoms with E-state index in [9.17, 15) is 4.79 Å². The smallest absolute Gasteiger partial charge is 0.334 e. The SMILES string of the molecule is CCC(CC/C(=C/C(=O)OC(C)(C)C)O[Si](c1ccccc1)(c1ccccc1)C(C)(C)C)O[Si](c1ccccc1)(c1ccccc1)C(C)(C)C. The van der Waals surface area contributed by atoms with Crippen molar-refractivity contribution < 1.29 is 18.4 Å². The van der Waals surface area contributed by atoms with Crippen LogP contribution in [0.2, 0.25) is 10.1 Å². The van der Waals surface area contributed by atoms with Crippen molar-refractivity contribution in [2.75, 3.05) is 0 Å². The Morgan fingerprint density at radius 2 is 0.960 bits per heavy atom. The maximum Gasteiger partial charge on any atom is 0.334 e. The molecule has 0 saturated carbocycles. The average Bonchev–Trinajstić information content (AvgIpc) is 3.06. The topological polar surface area (TPSA) is 44.8 Å². The van der Waals surface area contributed by atoms with Crippen molar-refractivity contribution in [1.29, 1.82) is 0 Å². The van der Waals surface area contributed by atoms with E-state index in [0.29, 0.717) is 18.6 Å². The van der Waals surface area contributed by atoms with Crippen LogP contribution in [0, 0.1) is 0 Å². The van der Waals surface area contributed by atoms with Gasteiger partial charge in [0.25, 0.3) is 8.32 Å². The van der Waals surface area contributed by atoms with Gasteiger partial charge in [0.2, 0.25) is 0 Å². The van der Waals surface area contributed by atoms with Crippen LogP contribution in [-0.4, -0.2) is 34.3 Å². The number of esters is 1. The normalized spacial score (nSPS) is 13.8. The molecule has 50 heavy (non-hydrogen) atoms. The van der Waals surface area contributed by atoms with Crippen molar-refractivity contribution in [3.8, 4) is 0 Å². The van der Waals surface area contributed by atoms with Gasteiger partial charge in [0.05, 0.1) is 11.8 Å². The minimum Gasteiger partial charge on any atom is -0.537 e. The number of ether oxygens (including phenoxy) is 1. The fourth-order valence-electron chi connectivity index (χ4n) is 7.05. The Bertz CT molecular complexity index is 1590. The summed E-state index contributed by atoms with van der Waals surface area (Å²) < 4.78 is 20.9. The van der Waals surface area contributed by atoms with Gasteiger partial charge >= 0.3 is 14.3 Å². The number of carbonyl (C=O) groups excluding carboxylic acids is 1. The van der Waals surface area contributed by atoms with Crippen molar-refractivity contribution >= 4 is 43.4 Å². The molecule has 0 amide bonds. The van der Waals surface area contributed by atoms with Crippen molar-refractivity contribution in [3.05, 3.63) is 133 Å². The second-order valence-corrected chi connectivity index (χ2v) is 24.7. The highest BCUT2D eigenvalue weighted by Gasteiger charge is 2.53. The largest absolute Gasteiger partial charge is 0.537 e. The van der Waals surface area contributed by atoms with Crippen molar-refractivity contribution in [3.63, 3.8) is 0 Å². The molecule has 4 rings (SSSR count). The second kappa shape index (κ2) is 16.1. The van der Waals surface area contributed by atoms with Crippen LogP contribution in [0.5, 0.6) is 0 Å². The molecule has 0 bridgehead atoms. The maximum absolute atomic E-state index is 13.5. The minimum absolute atomic E-state index is 0.0777. The Hall–Kier alpha value is -3.72. The van der Waals surface area contributed by atoms with Gasteiger partial charge in [-0.3, -0.25) is 0 Å². The number of rotatable bonds is 13. The Kier molecular flexibility index (Phi) is 12.6. The molecule has 0 aliphatic carbocycles. The van der Waals surface area contributed by atoms with Crippen LogP contribution in [0.1, 0.15) is 88.5 Å². The first-order chi connectivity index (χ1) is 23.5. The van der Waals surface area contributed by atoms with Gasteiger partial charge in [-0.1, -0.05) is 170 Å². The van der Waals surface area contributed by atoms with Crippen LogP contribution in [0.3, 0.4) is 0 Å². The Morgan fingerprint density at radius 3 is 1.28 bits per heavy atom. The Morgan fingerprint density at radius 1 is 0.600 bits per heavy atom. The summed E-state index contributed by atoms with van der Waals surface area (Å²) in [5, 5.41) is 4.41. The van der Waals surface area contributed by atoms with Crippen LogP contribution in [0.15, 0.2) is 133 Å². The van der Waals surface area contributed by atoms with E-state index in [1.54, 1.807) is 6.08 Å². The molecular weight excluding hydrogens is 649 g/mol. The number of allylic oxidation sites excluding steroid dienone is 1. The second-order valence-electron chi connectivity index (χ2n) is 16.3. The van der Waals surface area contributed by atoms with Crippen LogP contribution in [0.25, 0.3) is 0 Å². The Balaban J connectivity index is 1.82. The molecule has 0 heterocycles. The lowest BCUT2D eigenvalue weighted by atomic mass is 10.1. The van der Waals surface area contributed by atoms with Gasteiger partial charge in [0.15, 0.2) is 0 Å². The fourth-order valence-corrected chi connectivity index (χ4v) is 16.3. The van der Waals surface area contributed by atoms with Crippen molar-refractivity contribution in [2.24, 2.45) is 0 Å². The molecule has 1 unspecified atom stereocenters. The summed E-state index contributed by atoms with van der Waals surface area (Å²) in [6.45, 7) is 21.6. The lowest BCUT2D eigenvalue weighted by Crippen LogP contribution is -2.67. The third kappa shape index (κ3) is 8.95. The molecule has 0 saturated heterocycles. The molecule has 1 atom stereocenters. The molecule has 0 fully saturated rings. The average molecular weight is 707 g/mol. The van der Waals surface area contributed by atoms with E-state index in [0.717, 1.165) is 16.8 Å². The molecule has 0 aliphatic heterocycles. The van der Waals surface area contributed by atoms with Crippen LogP contribution < -0.4 is 20.7 Å². The lowest BCUT2D eigenvalue weighted by molar-refractivity contribution is -0.148. The highest BCUT2D eigenvalue weighted by molar-refractivity contribution is 7.00. The van der Waals surface area contributed by atoms with Gasteiger partial charge in [0, 0.05) is 12.5 Å². The molecule has 266 valence electrons. The molecule has 0 spiro atoms. The third-order valence-electron chi connectivity index (χ3n) is 9.31. The first-order valence-electron chi connectivity index (χ1n) is 18.1. The van der Waals surface area contributed by atoms with Gasteiger partial charge in [-0.15, -0.1) is 0 Å². The lowest BCUT2D eigenvalue weighted by Gasteiger charge is -2.45. The van der Waals surface area contributed by atoms with E-state index < -0.39 is 28.2 Å². The van der Waals surface area contributed by atoms with Crippen LogP contribution in [-0.2, 0) is 18.4 Å². The molecule has 6 heteroatoms. The van der Waals surface area contributed by atoms with E-state index in [1.807, 2.05) is 32.9 Å². The zero-order valence-corrected chi connectivity index (χ0v) is 34.0.